The molecule has 0 radical (unpaired) electrons. The molecule has 0 aliphatic heterocycles. The molecule has 4 N–H and O–H groups in total. The van der Waals surface area contributed by atoms with Crippen LogP contribution in [0.4, 0.5) is 0 Å². The van der Waals surface area contributed by atoms with Crippen molar-refractivity contribution in [3.8, 4) is 0 Å². The third-order valence-electron chi connectivity index (χ3n) is 16.5. The van der Waals surface area contributed by atoms with E-state index in [0.29, 0.717) is 40.2 Å². The molecule has 60 heteroatoms. The molecule has 0 spiro atoms. The summed E-state index contributed by atoms with van der Waals surface area (Å²) in [5.74, 6) is -41.4. The van der Waals surface area contributed by atoms with Crippen LogP contribution in [-0.4, -0.2) is 357 Å². The fourth-order valence-electron chi connectivity index (χ4n) is 8.13. The molecule has 125 heavy (non-hydrogen) atoms. The number of esters is 16. The summed E-state index contributed by atoms with van der Waals surface area (Å²) in [5, 5.41) is 0. The van der Waals surface area contributed by atoms with Gasteiger partial charge in [0.1, 0.15) is 167 Å². The molecule has 0 amide bonds. The molecule has 0 bridgehead atoms. The molecule has 0 aliphatic rings. The van der Waals surface area contributed by atoms with Gasteiger partial charge in [0, 0.05) is 24.0 Å². The van der Waals surface area contributed by atoms with Gasteiger partial charge in [-0.3, -0.25) is 94.9 Å². The zero-order valence-corrected chi connectivity index (χ0v) is 76.3. The maximum atomic E-state index is 15.1. The minimum atomic E-state index is -5.23. The maximum Gasteiger partial charge on any atom is 0.323 e. The fourth-order valence-corrected chi connectivity index (χ4v) is 12.0. The molecule has 0 aromatic carbocycles. The van der Waals surface area contributed by atoms with E-state index in [1.165, 1.54) is 13.8 Å². The van der Waals surface area contributed by atoms with Crippen molar-refractivity contribution < 1.29 is 238 Å². The highest BCUT2D eigenvalue weighted by Gasteiger charge is 2.51. The third kappa shape index (κ3) is 45.8. The number of carbonyl (C=O) groups is 16. The molecule has 720 valence electrons. The van der Waals surface area contributed by atoms with Crippen LogP contribution in [0.3, 0.4) is 0 Å². The van der Waals surface area contributed by atoms with Crippen LogP contribution in [0, 0.1) is 43.3 Å². The van der Waals surface area contributed by atoms with Crippen LogP contribution in [0.25, 0.3) is 0 Å². The first-order valence-electron chi connectivity index (χ1n) is 35.5. The summed E-state index contributed by atoms with van der Waals surface area (Å²) in [4.78, 5) is 217. The summed E-state index contributed by atoms with van der Waals surface area (Å²) >= 11 is 0. The lowest BCUT2D eigenvalue weighted by Crippen LogP contribution is -2.49. The van der Waals surface area contributed by atoms with Gasteiger partial charge in [0.2, 0.25) is 0 Å². The predicted octanol–water partition coefficient (Wildman–Crippen LogP) is -5.33. The average molecular weight is 1970 g/mol. The van der Waals surface area contributed by atoms with Crippen molar-refractivity contribution in [2.75, 3.05) is 176 Å². The second kappa shape index (κ2) is 47.1. The largest absolute Gasteiger partial charge is 0.464 e. The number of hydrogen-bond donors (Lipinski definition) is 4. The standard InChI is InChI=1S/C65H100O52S8/c1-15-58(4,5)50(74)102-18-19-103-51(75)63(10,37-113-57(81)65(12,40-116-54(78)61(8,32-108-46(70)24-122(90,91)92)33-109-47(71)25-123(93,94)95)41-117-55(79)62(9,34-110-48(72)26-124(96,97)98)35-111-49(73)27-125(99,100)101)36-112-56(80)64(11,38-114-52(76)59(6,28-104-42(66)20-118(13,82)83)30-106-44(68)22-120(86,87)16-2)39-115-53(77)60(7,29-105-43(67)21-119(14,84)85)31-107-45(69)23-121(88,89)17-3/h15-41H2,1-14H3,(H,90,91,92)(H,93,94,95)(H,96,97,98)(H,99,100,101). The van der Waals surface area contributed by atoms with Gasteiger partial charge in [-0.15, -0.1) is 0 Å². The summed E-state index contributed by atoms with van der Waals surface area (Å²) in [6, 6.07) is 0. The summed E-state index contributed by atoms with van der Waals surface area (Å²) < 4.78 is 309. The lowest BCUT2D eigenvalue weighted by Gasteiger charge is -2.34. The van der Waals surface area contributed by atoms with Gasteiger partial charge in [0.25, 0.3) is 40.5 Å². The van der Waals surface area contributed by atoms with E-state index >= 15 is 9.59 Å². The molecule has 0 heterocycles. The number of carbonyl (C=O) groups excluding carboxylic acids is 16. The average Bonchev–Trinajstić information content (AvgIpc) is 0.814. The van der Waals surface area contributed by atoms with Crippen molar-refractivity contribution in [2.45, 2.75) is 89.5 Å². The van der Waals surface area contributed by atoms with Crippen LogP contribution in [0.5, 0.6) is 0 Å². The number of hydrogen-bond acceptors (Lipinski definition) is 48. The van der Waals surface area contributed by atoms with Crippen LogP contribution in [0.1, 0.15) is 89.5 Å². The van der Waals surface area contributed by atoms with Crippen molar-refractivity contribution in [3.63, 3.8) is 0 Å². The first kappa shape index (κ1) is 116. The number of ether oxygens (including phenoxy) is 16. The van der Waals surface area contributed by atoms with Crippen LogP contribution in [0.2, 0.25) is 0 Å². The fraction of sp³-hybridized carbons (Fsp3) is 0.754. The van der Waals surface area contributed by atoms with E-state index in [9.17, 15) is 153 Å². The molecule has 0 saturated carbocycles. The Hall–Kier alpha value is -9.04. The molecule has 0 fully saturated rings. The maximum absolute atomic E-state index is 15.1. The molecule has 0 aromatic heterocycles. The Kier molecular flexibility index (Phi) is 43.7. The Morgan fingerprint density at radius 1 is 0.216 bits per heavy atom. The van der Waals surface area contributed by atoms with Crippen molar-refractivity contribution in [1.29, 1.82) is 0 Å². The predicted molar refractivity (Wildman–Crippen MR) is 410 cm³/mol. The van der Waals surface area contributed by atoms with E-state index in [1.807, 2.05) is 0 Å². The zero-order valence-electron chi connectivity index (χ0n) is 69.7. The van der Waals surface area contributed by atoms with Crippen LogP contribution < -0.4 is 0 Å². The monoisotopic (exact) mass is 1970 g/mol. The summed E-state index contributed by atoms with van der Waals surface area (Å²) in [7, 11) is -37.8. The van der Waals surface area contributed by atoms with Gasteiger partial charge in [-0.25, -0.2) is 33.7 Å². The second-order valence-electron chi connectivity index (χ2n) is 30.6. The van der Waals surface area contributed by atoms with Gasteiger partial charge in [0.15, 0.2) is 62.4 Å². The highest BCUT2D eigenvalue weighted by molar-refractivity contribution is 7.92. The van der Waals surface area contributed by atoms with E-state index in [-0.39, 0.29) is 6.42 Å². The number of sulfone groups is 4. The molecule has 3 atom stereocenters. The lowest BCUT2D eigenvalue weighted by molar-refractivity contribution is -0.186. The molecule has 52 nitrogen and oxygen atoms in total. The lowest BCUT2D eigenvalue weighted by atomic mass is 9.89. The molecular formula is C65H100O52S8. The Labute approximate surface area is 718 Å². The molecule has 0 saturated heterocycles. The Morgan fingerprint density at radius 3 is 0.512 bits per heavy atom. The number of rotatable bonds is 58. The van der Waals surface area contributed by atoms with Crippen molar-refractivity contribution >= 4 is 175 Å². The Balaban J connectivity index is 9.10. The van der Waals surface area contributed by atoms with Crippen LogP contribution in [0.15, 0.2) is 0 Å². The van der Waals surface area contributed by atoms with Crippen molar-refractivity contribution in [1.82, 2.24) is 0 Å². The van der Waals surface area contributed by atoms with Gasteiger partial charge in [-0.1, -0.05) is 20.8 Å². The highest BCUT2D eigenvalue weighted by Crippen LogP contribution is 2.33. The summed E-state index contributed by atoms with van der Waals surface area (Å²) in [6.45, 7) is -11.1. The van der Waals surface area contributed by atoms with Gasteiger partial charge >= 0.3 is 95.5 Å². The van der Waals surface area contributed by atoms with Gasteiger partial charge < -0.3 is 75.8 Å². The van der Waals surface area contributed by atoms with Crippen molar-refractivity contribution in [3.05, 3.63) is 0 Å². The zero-order chi connectivity index (χ0) is 97.6. The minimum Gasteiger partial charge on any atom is -0.464 e. The summed E-state index contributed by atoms with van der Waals surface area (Å²) in [5.41, 5.74) is -20.7. The Bertz CT molecular complexity index is 4590. The quantitative estimate of drug-likeness (QED) is 0.0191. The molecule has 0 aromatic rings. The second-order valence-corrected chi connectivity index (χ2v) is 45.4. The molecule has 0 aliphatic carbocycles. The molecule has 0 rings (SSSR count). The minimum absolute atomic E-state index is 0.164. The first-order valence-corrected chi connectivity index (χ1v) is 49.7. The summed E-state index contributed by atoms with van der Waals surface area (Å²) in [6.07, 6.45) is 1.31. The molecular weight excluding hydrogens is 1870 g/mol. The Morgan fingerprint density at radius 2 is 0.360 bits per heavy atom. The highest BCUT2D eigenvalue weighted by atomic mass is 32.2. The van der Waals surface area contributed by atoms with Crippen molar-refractivity contribution in [2.24, 2.45) is 43.3 Å². The molecule has 3 unspecified atom stereocenters. The topological polar surface area (TPSA) is 775 Å². The first-order chi connectivity index (χ1) is 56.3. The normalized spacial score (nSPS) is 14.5. The van der Waals surface area contributed by atoms with E-state index in [4.69, 9.17) is 75.8 Å². The van der Waals surface area contributed by atoms with Gasteiger partial charge in [-0.2, -0.15) is 33.7 Å². The third-order valence-corrected chi connectivity index (χ3v) is 23.5. The van der Waals surface area contributed by atoms with Crippen LogP contribution >= 0.6 is 0 Å². The smallest absolute Gasteiger partial charge is 0.323 e. The van der Waals surface area contributed by atoms with E-state index in [1.54, 1.807) is 6.92 Å². The van der Waals surface area contributed by atoms with Gasteiger partial charge in [-0.05, 0) is 68.7 Å². The SMILES string of the molecule is CCC(C)(C)C(=O)OCCOC(=O)C(C)(COC(=O)C(C)(COC(=O)C(C)(COC(=O)CS(=O)(=O)O)COC(=O)CS(=O)(=O)O)COC(=O)C(C)(COC(=O)CS(=O)(=O)O)COC(=O)CS(=O)(=O)O)COC(=O)C(C)(COC(=O)C(C)(COC(=O)CS(C)(=O)=O)COC(=O)CS(=O)(=O)CC)COC(=O)C(C)(COC(=O)CS(C)(=O)=O)COC(=O)CS(=O)(=O)CC. The van der Waals surface area contributed by atoms with Gasteiger partial charge in [0.05, 0.1) is 5.41 Å². The van der Waals surface area contributed by atoms with E-state index in [2.05, 4.69) is 0 Å². The van der Waals surface area contributed by atoms with Crippen LogP contribution in [-0.2, 0) is 232 Å². The van der Waals surface area contributed by atoms with E-state index < -0.39 is 382 Å². The van der Waals surface area contributed by atoms with E-state index in [0.717, 1.165) is 34.6 Å².